The largest absolute Gasteiger partial charge is 0.477 e. The molecule has 25 heavy (non-hydrogen) atoms. The van der Waals surface area contributed by atoms with Crippen molar-refractivity contribution >= 4 is 17.8 Å². The molecule has 2 amide bonds. The van der Waals surface area contributed by atoms with Crippen LogP contribution in [-0.2, 0) is 14.6 Å². The van der Waals surface area contributed by atoms with Gasteiger partial charge in [0.2, 0.25) is 0 Å². The van der Waals surface area contributed by atoms with Gasteiger partial charge in [0.05, 0.1) is 11.1 Å². The third-order valence-corrected chi connectivity index (χ3v) is 4.74. The van der Waals surface area contributed by atoms with Crippen LogP contribution in [0.3, 0.4) is 0 Å². The fourth-order valence-electron chi connectivity index (χ4n) is 3.26. The second-order valence-electron chi connectivity index (χ2n) is 6.44. The number of fused-ring (bicyclic) bond motifs is 1. The molecule has 1 atom stereocenters. The first-order chi connectivity index (χ1) is 12.0. The molecule has 0 radical (unpaired) electrons. The molecule has 1 unspecified atom stereocenters. The van der Waals surface area contributed by atoms with Crippen LogP contribution in [0, 0.1) is 0 Å². The van der Waals surface area contributed by atoms with Gasteiger partial charge in [0.25, 0.3) is 11.8 Å². The van der Waals surface area contributed by atoms with Gasteiger partial charge < -0.3 is 5.11 Å². The van der Waals surface area contributed by atoms with Crippen LogP contribution in [0.25, 0.3) is 0 Å². The van der Waals surface area contributed by atoms with E-state index in [4.69, 9.17) is 5.11 Å². The van der Waals surface area contributed by atoms with Crippen molar-refractivity contribution in [1.29, 1.82) is 0 Å². The van der Waals surface area contributed by atoms with Crippen LogP contribution >= 0.6 is 0 Å². The number of hydrogen-bond acceptors (Lipinski definition) is 5. The minimum absolute atomic E-state index is 0.189. The van der Waals surface area contributed by atoms with Crippen LogP contribution in [0.2, 0.25) is 0 Å². The Morgan fingerprint density at radius 1 is 1.12 bits per heavy atom. The third-order valence-electron chi connectivity index (χ3n) is 4.74. The lowest BCUT2D eigenvalue weighted by Gasteiger charge is -2.26. The maximum absolute atomic E-state index is 12.7. The number of aliphatic carboxylic acids is 1. The van der Waals surface area contributed by atoms with E-state index in [0.29, 0.717) is 30.4 Å². The van der Waals surface area contributed by atoms with Crippen molar-refractivity contribution in [2.45, 2.75) is 57.3 Å². The Bertz CT molecular complexity index is 662. The molecule has 7 nitrogen and oxygen atoms in total. The fourth-order valence-corrected chi connectivity index (χ4v) is 3.26. The number of imide groups is 1. The second-order valence-corrected chi connectivity index (χ2v) is 6.44. The highest BCUT2D eigenvalue weighted by molar-refractivity contribution is 6.21. The second kappa shape index (κ2) is 6.93. The zero-order valence-electron chi connectivity index (χ0n) is 14.1. The van der Waals surface area contributed by atoms with E-state index < -0.39 is 11.8 Å². The van der Waals surface area contributed by atoms with E-state index >= 15 is 0 Å². The Hall–Kier alpha value is -2.25. The summed E-state index contributed by atoms with van der Waals surface area (Å²) in [7, 11) is 0. The molecular formula is C18H21NO6. The van der Waals surface area contributed by atoms with Gasteiger partial charge in [0, 0.05) is 12.5 Å². The molecule has 134 valence electrons. The molecule has 0 bridgehead atoms. The zero-order chi connectivity index (χ0) is 18.0. The van der Waals surface area contributed by atoms with Crippen molar-refractivity contribution < 1.29 is 29.3 Å². The van der Waals surface area contributed by atoms with Gasteiger partial charge in [-0.05, 0) is 31.4 Å². The molecule has 1 fully saturated rings. The summed E-state index contributed by atoms with van der Waals surface area (Å²) in [5.41, 5.74) is 0.870. The van der Waals surface area contributed by atoms with Gasteiger partial charge in [-0.1, -0.05) is 31.9 Å². The van der Waals surface area contributed by atoms with E-state index in [1.807, 2.05) is 6.92 Å². The summed E-state index contributed by atoms with van der Waals surface area (Å²) in [5.74, 6) is -3.24. The highest BCUT2D eigenvalue weighted by Crippen LogP contribution is 2.36. The molecule has 0 saturated carbocycles. The minimum atomic E-state index is -1.54. The van der Waals surface area contributed by atoms with E-state index in [1.54, 1.807) is 24.3 Å². The summed E-state index contributed by atoms with van der Waals surface area (Å²) in [5, 5.41) is 9.06. The number of unbranched alkanes of at least 4 members (excludes halogenated alkanes) is 1. The molecule has 2 aliphatic rings. The Morgan fingerprint density at radius 2 is 1.68 bits per heavy atom. The van der Waals surface area contributed by atoms with Crippen molar-refractivity contribution in [2.75, 3.05) is 0 Å². The molecule has 1 aromatic carbocycles. The lowest BCUT2D eigenvalue weighted by atomic mass is 9.99. The number of amides is 2. The smallest absolute Gasteiger partial charge is 0.370 e. The summed E-state index contributed by atoms with van der Waals surface area (Å²) in [6.07, 6.45) is 3.72. The lowest BCUT2D eigenvalue weighted by Crippen LogP contribution is -2.40. The first-order valence-electron chi connectivity index (χ1n) is 8.57. The van der Waals surface area contributed by atoms with Crippen LogP contribution in [-0.4, -0.2) is 39.6 Å². The molecule has 1 aromatic rings. The van der Waals surface area contributed by atoms with Crippen LogP contribution in [0.1, 0.15) is 66.2 Å². The Morgan fingerprint density at radius 3 is 2.16 bits per heavy atom. The number of carboxylic acids is 1. The van der Waals surface area contributed by atoms with Gasteiger partial charge >= 0.3 is 11.8 Å². The molecule has 2 heterocycles. The van der Waals surface area contributed by atoms with Crippen molar-refractivity contribution in [3.8, 4) is 0 Å². The number of carbonyl (C=O) groups is 3. The average Bonchev–Trinajstić information content (AvgIpc) is 3.35. The van der Waals surface area contributed by atoms with Gasteiger partial charge in [-0.2, -0.15) is 9.78 Å². The van der Waals surface area contributed by atoms with Crippen LogP contribution in [0.5, 0.6) is 0 Å². The summed E-state index contributed by atoms with van der Waals surface area (Å²) < 4.78 is 0. The average molecular weight is 347 g/mol. The van der Waals surface area contributed by atoms with Crippen LogP contribution in [0.15, 0.2) is 24.3 Å². The van der Waals surface area contributed by atoms with Crippen LogP contribution in [0.4, 0.5) is 0 Å². The van der Waals surface area contributed by atoms with Crippen LogP contribution < -0.4 is 0 Å². The fraction of sp³-hybridized carbons (Fsp3) is 0.500. The monoisotopic (exact) mass is 347 g/mol. The molecule has 0 aliphatic carbocycles. The van der Waals surface area contributed by atoms with Gasteiger partial charge in [-0.3, -0.25) is 14.5 Å². The summed E-state index contributed by atoms with van der Waals surface area (Å²) >= 11 is 0. The van der Waals surface area contributed by atoms with E-state index in [-0.39, 0.29) is 24.3 Å². The zero-order valence-corrected chi connectivity index (χ0v) is 14.1. The highest BCUT2D eigenvalue weighted by atomic mass is 17.4. The molecule has 1 N–H and O–H groups in total. The SMILES string of the molecule is CCCCC(CCCC1(C(=O)O)OO1)N1C(=O)c2ccccc2C1=O. The standard InChI is InChI=1S/C18H21NO6/c1-2-3-7-12(8-6-11-18(17(22)23)24-25-18)19-15(20)13-9-4-5-10-14(13)16(19)21/h4-5,9-10,12H,2-3,6-8,11H2,1H3,(H,22,23). The van der Waals surface area contributed by atoms with Gasteiger partial charge in [0.1, 0.15) is 0 Å². The summed E-state index contributed by atoms with van der Waals surface area (Å²) in [4.78, 5) is 46.9. The van der Waals surface area contributed by atoms with Gasteiger partial charge in [-0.15, -0.1) is 0 Å². The molecule has 0 spiro atoms. The molecule has 2 aliphatic heterocycles. The lowest BCUT2D eigenvalue weighted by molar-refractivity contribution is -0.144. The number of carboxylic acid groups (broad SMARTS) is 1. The predicted molar refractivity (Wildman–Crippen MR) is 86.6 cm³/mol. The Kier molecular flexibility index (Phi) is 4.87. The number of benzene rings is 1. The van der Waals surface area contributed by atoms with Crippen molar-refractivity contribution in [2.24, 2.45) is 0 Å². The summed E-state index contributed by atoms with van der Waals surface area (Å²) in [6.45, 7) is 2.05. The first-order valence-corrected chi connectivity index (χ1v) is 8.57. The molecule has 1 saturated heterocycles. The Balaban J connectivity index is 1.70. The highest BCUT2D eigenvalue weighted by Gasteiger charge is 2.56. The maximum atomic E-state index is 12.7. The van der Waals surface area contributed by atoms with Crippen molar-refractivity contribution in [1.82, 2.24) is 4.90 Å². The minimum Gasteiger partial charge on any atom is -0.477 e. The van der Waals surface area contributed by atoms with Crippen molar-refractivity contribution in [3.63, 3.8) is 0 Å². The van der Waals surface area contributed by atoms with Crippen molar-refractivity contribution in [3.05, 3.63) is 35.4 Å². The summed E-state index contributed by atoms with van der Waals surface area (Å²) in [6, 6.07) is 6.56. The molecular weight excluding hydrogens is 326 g/mol. The first kappa shape index (κ1) is 17.6. The number of nitrogens with zero attached hydrogens (tertiary/aromatic N) is 1. The van der Waals surface area contributed by atoms with Gasteiger partial charge in [-0.25, -0.2) is 4.79 Å². The van der Waals surface area contributed by atoms with Gasteiger partial charge in [0.15, 0.2) is 0 Å². The van der Waals surface area contributed by atoms with E-state index in [2.05, 4.69) is 9.78 Å². The third kappa shape index (κ3) is 3.29. The Labute approximate surface area is 145 Å². The number of carbonyl (C=O) groups excluding carboxylic acids is 2. The molecule has 3 rings (SSSR count). The molecule has 7 heteroatoms. The normalized spacial score (nSPS) is 19.0. The molecule has 0 aromatic heterocycles. The number of rotatable bonds is 9. The van der Waals surface area contributed by atoms with E-state index in [0.717, 1.165) is 12.8 Å². The quantitative estimate of drug-likeness (QED) is 0.419. The maximum Gasteiger partial charge on any atom is 0.370 e. The van der Waals surface area contributed by atoms with E-state index in [1.165, 1.54) is 4.90 Å². The van der Waals surface area contributed by atoms with E-state index in [9.17, 15) is 14.4 Å². The topological polar surface area (TPSA) is 99.7 Å². The number of hydrogen-bond donors (Lipinski definition) is 1. The predicted octanol–water partition coefficient (Wildman–Crippen LogP) is 2.75.